The number of nitrogens with zero attached hydrogens (tertiary/aromatic N) is 2. The smallest absolute Gasteiger partial charge is 0.148 e. The van der Waals surface area contributed by atoms with Crippen molar-refractivity contribution in [2.75, 3.05) is 5.32 Å². The van der Waals surface area contributed by atoms with Gasteiger partial charge >= 0.3 is 0 Å². The number of anilines is 2. The molecule has 0 spiro atoms. The Kier molecular flexibility index (Phi) is 3.59. The summed E-state index contributed by atoms with van der Waals surface area (Å²) in [6.07, 6.45) is 1.70. The van der Waals surface area contributed by atoms with Gasteiger partial charge in [0, 0.05) is 9.77 Å². The number of hydrogen-bond donors (Lipinski definition) is 1. The highest BCUT2D eigenvalue weighted by Gasteiger charge is 2.07. The molecule has 3 nitrogen and oxygen atoms in total. The molecule has 0 aliphatic rings. The second-order valence-corrected chi connectivity index (χ2v) is 4.73. The van der Waals surface area contributed by atoms with Crippen molar-refractivity contribution in [3.8, 4) is 6.07 Å². The number of nitriles is 1. The maximum Gasteiger partial charge on any atom is 0.148 e. The number of aryl methyl sites for hydroxylation is 1. The molecule has 0 radical (unpaired) electrons. The maximum absolute atomic E-state index is 9.11. The molecule has 0 saturated heterocycles. The van der Waals surface area contributed by atoms with Crippen molar-refractivity contribution in [3.63, 3.8) is 0 Å². The average Bonchev–Trinajstić information content (AvgIpc) is 2.32. The van der Waals surface area contributed by atoms with Gasteiger partial charge < -0.3 is 5.32 Å². The molecular formula is C13H10IN3. The first-order chi connectivity index (χ1) is 8.22. The molecule has 1 heterocycles. The lowest BCUT2D eigenvalue weighted by Gasteiger charge is -2.09. The van der Waals surface area contributed by atoms with Crippen LogP contribution in [0.5, 0.6) is 0 Å². The van der Waals surface area contributed by atoms with Crippen LogP contribution in [0, 0.1) is 21.8 Å². The van der Waals surface area contributed by atoms with Crippen LogP contribution in [-0.2, 0) is 0 Å². The van der Waals surface area contributed by atoms with Crippen LogP contribution in [0.3, 0.4) is 0 Å². The van der Waals surface area contributed by atoms with Crippen molar-refractivity contribution in [2.45, 2.75) is 6.92 Å². The molecule has 0 saturated carbocycles. The minimum atomic E-state index is 0.590. The molecule has 2 aromatic rings. The number of para-hydroxylation sites is 1. The van der Waals surface area contributed by atoms with Crippen molar-refractivity contribution >= 4 is 34.1 Å². The molecule has 84 valence electrons. The first-order valence-corrected chi connectivity index (χ1v) is 6.17. The van der Waals surface area contributed by atoms with Gasteiger partial charge in [-0.25, -0.2) is 4.98 Å². The highest BCUT2D eigenvalue weighted by Crippen LogP contribution is 2.24. The second-order valence-electron chi connectivity index (χ2n) is 3.57. The maximum atomic E-state index is 9.11. The zero-order chi connectivity index (χ0) is 12.3. The number of rotatable bonds is 2. The summed E-state index contributed by atoms with van der Waals surface area (Å²) < 4.78 is 1.09. The van der Waals surface area contributed by atoms with Crippen molar-refractivity contribution in [2.24, 2.45) is 0 Å². The van der Waals surface area contributed by atoms with Crippen LogP contribution in [0.15, 0.2) is 36.5 Å². The summed E-state index contributed by atoms with van der Waals surface area (Å²) in [5, 5.41) is 12.3. The fourth-order valence-electron chi connectivity index (χ4n) is 1.48. The van der Waals surface area contributed by atoms with Gasteiger partial charge in [0.25, 0.3) is 0 Å². The van der Waals surface area contributed by atoms with Crippen molar-refractivity contribution in [3.05, 3.63) is 51.2 Å². The van der Waals surface area contributed by atoms with Gasteiger partial charge in [0.1, 0.15) is 11.9 Å². The Hall–Kier alpha value is -1.61. The minimum Gasteiger partial charge on any atom is -0.338 e. The molecule has 0 fully saturated rings. The van der Waals surface area contributed by atoms with Crippen LogP contribution < -0.4 is 5.32 Å². The van der Waals surface area contributed by atoms with E-state index < -0.39 is 0 Å². The Labute approximate surface area is 114 Å². The lowest BCUT2D eigenvalue weighted by Crippen LogP contribution is -1.99. The van der Waals surface area contributed by atoms with Crippen LogP contribution in [-0.4, -0.2) is 4.98 Å². The van der Waals surface area contributed by atoms with Crippen LogP contribution in [0.1, 0.15) is 11.1 Å². The monoisotopic (exact) mass is 335 g/mol. The van der Waals surface area contributed by atoms with E-state index in [1.54, 1.807) is 6.20 Å². The summed E-state index contributed by atoms with van der Waals surface area (Å²) in [5.41, 5.74) is 2.48. The fraction of sp³-hybridized carbons (Fsp3) is 0.0769. The van der Waals surface area contributed by atoms with Crippen molar-refractivity contribution in [1.82, 2.24) is 4.98 Å². The van der Waals surface area contributed by atoms with Gasteiger partial charge in [0.2, 0.25) is 0 Å². The highest BCUT2D eigenvalue weighted by molar-refractivity contribution is 14.1. The molecule has 1 aromatic heterocycles. The van der Waals surface area contributed by atoms with Gasteiger partial charge in [0.05, 0.1) is 11.3 Å². The van der Waals surface area contributed by atoms with Gasteiger partial charge in [-0.2, -0.15) is 5.26 Å². The van der Waals surface area contributed by atoms with E-state index in [-0.39, 0.29) is 0 Å². The van der Waals surface area contributed by atoms with Crippen LogP contribution in [0.4, 0.5) is 11.5 Å². The number of hydrogen-bond acceptors (Lipinski definition) is 3. The molecule has 4 heteroatoms. The zero-order valence-electron chi connectivity index (χ0n) is 9.24. The largest absolute Gasteiger partial charge is 0.338 e. The molecule has 0 unspecified atom stereocenters. The van der Waals surface area contributed by atoms with Crippen LogP contribution >= 0.6 is 22.6 Å². The molecule has 0 atom stereocenters. The average molecular weight is 335 g/mol. The number of aromatic nitrogens is 1. The number of pyridine rings is 1. The molecule has 0 aliphatic heterocycles. The van der Waals surface area contributed by atoms with E-state index in [4.69, 9.17) is 5.26 Å². The van der Waals surface area contributed by atoms with E-state index in [0.29, 0.717) is 11.4 Å². The molecule has 1 N–H and O–H groups in total. The molecule has 0 amide bonds. The molecule has 2 rings (SSSR count). The van der Waals surface area contributed by atoms with Crippen LogP contribution in [0.25, 0.3) is 0 Å². The third kappa shape index (κ3) is 2.56. The van der Waals surface area contributed by atoms with Crippen molar-refractivity contribution < 1.29 is 0 Å². The van der Waals surface area contributed by atoms with E-state index in [0.717, 1.165) is 14.8 Å². The lowest BCUT2D eigenvalue weighted by molar-refractivity contribution is 1.24. The van der Waals surface area contributed by atoms with Crippen molar-refractivity contribution in [1.29, 1.82) is 5.26 Å². The van der Waals surface area contributed by atoms with E-state index in [1.165, 1.54) is 0 Å². The van der Waals surface area contributed by atoms with E-state index in [1.807, 2.05) is 37.3 Å². The van der Waals surface area contributed by atoms with Gasteiger partial charge in [-0.1, -0.05) is 12.1 Å². The van der Waals surface area contributed by atoms with Crippen LogP contribution in [0.2, 0.25) is 0 Å². The summed E-state index contributed by atoms with van der Waals surface area (Å²) in [6.45, 7) is 1.90. The minimum absolute atomic E-state index is 0.590. The molecular weight excluding hydrogens is 325 g/mol. The van der Waals surface area contributed by atoms with E-state index in [2.05, 4.69) is 39.0 Å². The zero-order valence-corrected chi connectivity index (χ0v) is 11.4. The van der Waals surface area contributed by atoms with E-state index >= 15 is 0 Å². The molecule has 0 aliphatic carbocycles. The Morgan fingerprint density at radius 1 is 1.29 bits per heavy atom. The third-order valence-corrected chi connectivity index (χ3v) is 3.34. The summed E-state index contributed by atoms with van der Waals surface area (Å²) in [7, 11) is 0. The Morgan fingerprint density at radius 2 is 2.06 bits per heavy atom. The lowest BCUT2D eigenvalue weighted by atomic mass is 10.1. The normalized spacial score (nSPS) is 9.71. The standard InChI is InChI=1S/C13H10IN3/c1-9-6-7-16-13(10(9)8-15)17-12-5-3-2-4-11(12)14/h2-7H,1H3,(H,16,17). The number of benzene rings is 1. The fourth-order valence-corrected chi connectivity index (χ4v) is 2.01. The first-order valence-electron chi connectivity index (χ1n) is 5.09. The quantitative estimate of drug-likeness (QED) is 0.853. The number of nitrogens with one attached hydrogen (secondary N) is 1. The summed E-state index contributed by atoms with van der Waals surface area (Å²) in [5.74, 6) is 0.608. The molecule has 17 heavy (non-hydrogen) atoms. The van der Waals surface area contributed by atoms with Gasteiger partial charge in [-0.05, 0) is 53.3 Å². The third-order valence-electron chi connectivity index (χ3n) is 2.40. The molecule has 0 bridgehead atoms. The predicted octanol–water partition coefficient (Wildman–Crippen LogP) is 3.61. The Bertz CT molecular complexity index is 587. The topological polar surface area (TPSA) is 48.7 Å². The Morgan fingerprint density at radius 3 is 2.76 bits per heavy atom. The van der Waals surface area contributed by atoms with E-state index in [9.17, 15) is 0 Å². The first kappa shape index (κ1) is 11.9. The highest BCUT2D eigenvalue weighted by atomic mass is 127. The second kappa shape index (κ2) is 5.15. The summed E-state index contributed by atoms with van der Waals surface area (Å²) >= 11 is 2.25. The summed E-state index contributed by atoms with van der Waals surface area (Å²) in [6, 6.07) is 11.9. The number of halogens is 1. The van der Waals surface area contributed by atoms with Gasteiger partial charge in [0.15, 0.2) is 0 Å². The van der Waals surface area contributed by atoms with Gasteiger partial charge in [-0.15, -0.1) is 0 Å². The van der Waals surface area contributed by atoms with Gasteiger partial charge in [-0.3, -0.25) is 0 Å². The Balaban J connectivity index is 2.41. The predicted molar refractivity (Wildman–Crippen MR) is 76.1 cm³/mol. The molecule has 1 aromatic carbocycles. The SMILES string of the molecule is Cc1ccnc(Nc2ccccc2I)c1C#N. The summed E-state index contributed by atoms with van der Waals surface area (Å²) in [4.78, 5) is 4.21.